The number of ether oxygens (including phenoxy) is 1. The Morgan fingerprint density at radius 3 is 2.69 bits per heavy atom. The van der Waals surface area contributed by atoms with E-state index in [1.165, 1.54) is 6.07 Å². The van der Waals surface area contributed by atoms with Crippen LogP contribution in [0.4, 0.5) is 20.2 Å². The molecule has 7 nitrogen and oxygen atoms in total. The summed E-state index contributed by atoms with van der Waals surface area (Å²) in [5.74, 6) is 0.0308. The summed E-state index contributed by atoms with van der Waals surface area (Å²) in [5.41, 5.74) is 4.00. The van der Waals surface area contributed by atoms with Crippen LogP contribution >= 0.6 is 12.2 Å². The average molecular weight is 420 g/mol. The number of hydrogen-bond acceptors (Lipinski definition) is 4. The first-order valence-electron chi connectivity index (χ1n) is 9.03. The quantitative estimate of drug-likeness (QED) is 0.559. The number of thiocarbonyl (C=S) groups is 1. The summed E-state index contributed by atoms with van der Waals surface area (Å²) in [4.78, 5) is 0. The maximum atomic E-state index is 12.6. The highest BCUT2D eigenvalue weighted by Crippen LogP contribution is 2.27. The third-order valence-corrected chi connectivity index (χ3v) is 4.53. The molecule has 0 aliphatic rings. The molecule has 0 fully saturated rings. The van der Waals surface area contributed by atoms with Crippen molar-refractivity contribution >= 4 is 28.7 Å². The van der Waals surface area contributed by atoms with E-state index >= 15 is 0 Å². The summed E-state index contributed by atoms with van der Waals surface area (Å²) in [6, 6.07) is 4.94. The van der Waals surface area contributed by atoms with Gasteiger partial charge in [0, 0.05) is 24.0 Å². The minimum atomic E-state index is -2.92. The van der Waals surface area contributed by atoms with Crippen LogP contribution in [0.2, 0.25) is 0 Å². The fraction of sp³-hybridized carbons (Fsp3) is 0.316. The lowest BCUT2D eigenvalue weighted by atomic mass is 10.2. The second-order valence-electron chi connectivity index (χ2n) is 6.45. The largest absolute Gasteiger partial charge is 0.433 e. The molecular weight excluding hydrogens is 398 g/mol. The number of hydrogen-bond donors (Lipinski definition) is 2. The monoisotopic (exact) mass is 420 g/mol. The molecular formula is C19H22F2N6OS. The molecule has 0 spiro atoms. The summed E-state index contributed by atoms with van der Waals surface area (Å²) in [5, 5.41) is 14.8. The zero-order valence-corrected chi connectivity index (χ0v) is 17.1. The molecule has 0 amide bonds. The van der Waals surface area contributed by atoms with Gasteiger partial charge in [0.2, 0.25) is 0 Å². The molecule has 0 aliphatic carbocycles. The van der Waals surface area contributed by atoms with Gasteiger partial charge in [-0.15, -0.1) is 0 Å². The van der Waals surface area contributed by atoms with E-state index in [0.29, 0.717) is 17.9 Å². The van der Waals surface area contributed by atoms with E-state index in [-0.39, 0.29) is 10.9 Å². The van der Waals surface area contributed by atoms with Gasteiger partial charge in [0.25, 0.3) is 0 Å². The standard InChI is InChI=1S/C19H22F2N6OS/c1-4-27-13(3)14(8-23-27)10-26-11-15(9-22-26)24-19(29)25-16-6-5-12(2)7-17(16)28-18(20)21/h5-9,11,18H,4,10H2,1-3H3,(H2,24,25,29). The highest BCUT2D eigenvalue weighted by Gasteiger charge is 2.12. The number of aromatic nitrogens is 4. The number of nitrogens with one attached hydrogen (secondary N) is 2. The SMILES string of the molecule is CCn1ncc(Cn2cc(NC(=S)Nc3ccc(C)cc3OC(F)F)cn2)c1C. The molecule has 0 unspecified atom stereocenters. The fourth-order valence-corrected chi connectivity index (χ4v) is 3.09. The topological polar surface area (TPSA) is 68.9 Å². The van der Waals surface area contributed by atoms with Gasteiger partial charge in [-0.3, -0.25) is 9.36 Å². The van der Waals surface area contributed by atoms with Crippen LogP contribution in [0.25, 0.3) is 0 Å². The molecule has 2 aromatic heterocycles. The van der Waals surface area contributed by atoms with Crippen molar-refractivity contribution in [1.29, 1.82) is 0 Å². The number of nitrogens with zero attached hydrogens (tertiary/aromatic N) is 4. The number of aryl methyl sites for hydroxylation is 2. The molecule has 0 radical (unpaired) electrons. The van der Waals surface area contributed by atoms with E-state index in [0.717, 1.165) is 23.4 Å². The number of halogens is 2. The summed E-state index contributed by atoms with van der Waals surface area (Å²) in [7, 11) is 0. The Hall–Kier alpha value is -3.01. The van der Waals surface area contributed by atoms with Crippen molar-refractivity contribution in [3.8, 4) is 5.75 Å². The molecule has 1 aromatic carbocycles. The molecule has 2 N–H and O–H groups in total. The predicted molar refractivity (Wildman–Crippen MR) is 112 cm³/mol. The predicted octanol–water partition coefficient (Wildman–Crippen LogP) is 4.17. The van der Waals surface area contributed by atoms with Crippen molar-refractivity contribution in [3.63, 3.8) is 0 Å². The summed E-state index contributed by atoms with van der Waals surface area (Å²) < 4.78 is 33.5. The molecule has 3 aromatic rings. The summed E-state index contributed by atoms with van der Waals surface area (Å²) >= 11 is 5.29. The van der Waals surface area contributed by atoms with Gasteiger partial charge in [0.05, 0.1) is 30.3 Å². The smallest absolute Gasteiger partial charge is 0.387 e. The fourth-order valence-electron chi connectivity index (χ4n) is 2.86. The third-order valence-electron chi connectivity index (χ3n) is 4.33. The van der Waals surface area contributed by atoms with Crippen molar-refractivity contribution in [2.24, 2.45) is 0 Å². The Morgan fingerprint density at radius 1 is 1.21 bits per heavy atom. The van der Waals surface area contributed by atoms with Gasteiger partial charge in [0.1, 0.15) is 5.75 Å². The molecule has 29 heavy (non-hydrogen) atoms. The molecule has 0 saturated heterocycles. The van der Waals surface area contributed by atoms with Gasteiger partial charge < -0.3 is 15.4 Å². The molecule has 0 atom stereocenters. The van der Waals surface area contributed by atoms with Gasteiger partial charge in [0.15, 0.2) is 5.11 Å². The molecule has 10 heteroatoms. The van der Waals surface area contributed by atoms with Crippen LogP contribution in [0.5, 0.6) is 5.75 Å². The van der Waals surface area contributed by atoms with Crippen molar-refractivity contribution < 1.29 is 13.5 Å². The zero-order chi connectivity index (χ0) is 21.0. The van der Waals surface area contributed by atoms with Crippen molar-refractivity contribution in [2.45, 2.75) is 40.5 Å². The lowest BCUT2D eigenvalue weighted by Gasteiger charge is -2.14. The Labute approximate surface area is 172 Å². The van der Waals surface area contributed by atoms with Gasteiger partial charge in [-0.05, 0) is 50.7 Å². The Morgan fingerprint density at radius 2 is 2.00 bits per heavy atom. The van der Waals surface area contributed by atoms with Gasteiger partial charge in [-0.1, -0.05) is 6.07 Å². The molecule has 154 valence electrons. The molecule has 0 aliphatic heterocycles. The highest BCUT2D eigenvalue weighted by atomic mass is 32.1. The third kappa shape index (κ3) is 5.29. The minimum absolute atomic E-state index is 0.0308. The minimum Gasteiger partial charge on any atom is -0.433 e. The van der Waals surface area contributed by atoms with E-state index in [2.05, 4.69) is 25.6 Å². The number of rotatable bonds is 7. The van der Waals surface area contributed by atoms with E-state index in [1.54, 1.807) is 29.9 Å². The zero-order valence-electron chi connectivity index (χ0n) is 16.3. The lowest BCUT2D eigenvalue weighted by molar-refractivity contribution is -0.0493. The average Bonchev–Trinajstić information content (AvgIpc) is 3.24. The molecule has 3 rings (SSSR count). The second-order valence-corrected chi connectivity index (χ2v) is 6.86. The van der Waals surface area contributed by atoms with Gasteiger partial charge in [-0.25, -0.2) is 0 Å². The second kappa shape index (κ2) is 8.99. The maximum Gasteiger partial charge on any atom is 0.387 e. The van der Waals surface area contributed by atoms with Crippen molar-refractivity contribution in [1.82, 2.24) is 19.6 Å². The van der Waals surface area contributed by atoms with E-state index in [1.807, 2.05) is 30.9 Å². The van der Waals surface area contributed by atoms with E-state index in [9.17, 15) is 8.78 Å². The van der Waals surface area contributed by atoms with Crippen LogP contribution in [0.15, 0.2) is 36.8 Å². The number of anilines is 2. The van der Waals surface area contributed by atoms with Gasteiger partial charge >= 0.3 is 6.61 Å². The summed E-state index contributed by atoms with van der Waals surface area (Å²) in [6.45, 7) is 4.33. The van der Waals surface area contributed by atoms with Crippen LogP contribution in [-0.4, -0.2) is 31.3 Å². The first-order chi connectivity index (χ1) is 13.9. The molecule has 0 saturated carbocycles. The highest BCUT2D eigenvalue weighted by molar-refractivity contribution is 7.80. The lowest BCUT2D eigenvalue weighted by Crippen LogP contribution is -2.19. The van der Waals surface area contributed by atoms with Crippen LogP contribution < -0.4 is 15.4 Å². The first kappa shape index (κ1) is 20.7. The number of benzene rings is 1. The van der Waals surface area contributed by atoms with Crippen LogP contribution in [-0.2, 0) is 13.1 Å². The Bertz CT molecular complexity index is 1000. The number of alkyl halides is 2. The van der Waals surface area contributed by atoms with E-state index < -0.39 is 6.61 Å². The molecule has 0 bridgehead atoms. The van der Waals surface area contributed by atoms with Gasteiger partial charge in [-0.2, -0.15) is 19.0 Å². The van der Waals surface area contributed by atoms with Crippen molar-refractivity contribution in [2.75, 3.05) is 10.6 Å². The first-order valence-corrected chi connectivity index (χ1v) is 9.43. The maximum absolute atomic E-state index is 12.6. The summed E-state index contributed by atoms with van der Waals surface area (Å²) in [6.07, 6.45) is 5.28. The Kier molecular flexibility index (Phi) is 6.42. The van der Waals surface area contributed by atoms with E-state index in [4.69, 9.17) is 12.2 Å². The van der Waals surface area contributed by atoms with Crippen LogP contribution in [0, 0.1) is 13.8 Å². The normalized spacial score (nSPS) is 11.0. The Balaban J connectivity index is 1.64. The van der Waals surface area contributed by atoms with Crippen LogP contribution in [0.3, 0.4) is 0 Å². The molecule has 2 heterocycles. The van der Waals surface area contributed by atoms with Crippen LogP contribution in [0.1, 0.15) is 23.7 Å². The van der Waals surface area contributed by atoms with Crippen molar-refractivity contribution in [3.05, 3.63) is 53.6 Å².